The van der Waals surface area contributed by atoms with Crippen LogP contribution in [-0.2, 0) is 4.79 Å². The molecule has 16 heavy (non-hydrogen) atoms. The van der Waals surface area contributed by atoms with Gasteiger partial charge in [0.05, 0.1) is 5.02 Å². The molecule has 0 bridgehead atoms. The van der Waals surface area contributed by atoms with E-state index < -0.39 is 10.7 Å². The molecule has 1 aromatic carbocycles. The first kappa shape index (κ1) is 11.8. The average Bonchev–Trinajstić information content (AvgIpc) is 2.97. The summed E-state index contributed by atoms with van der Waals surface area (Å²) in [6.45, 7) is 2.03. The summed E-state index contributed by atoms with van der Waals surface area (Å²) >= 11 is 7.43. The van der Waals surface area contributed by atoms with E-state index in [-0.39, 0.29) is 5.92 Å². The summed E-state index contributed by atoms with van der Waals surface area (Å²) in [5, 5.41) is 9.93. The number of halogens is 1. The van der Waals surface area contributed by atoms with Crippen molar-refractivity contribution in [2.75, 3.05) is 0 Å². The van der Waals surface area contributed by atoms with Crippen molar-refractivity contribution in [1.29, 1.82) is 0 Å². The second-order valence-electron chi connectivity index (χ2n) is 4.04. The standard InChI is InChI=1S/C12H13ClO2S/c1-2-8-7-12(8,11(14)15)16-10-6-4-3-5-9(10)13/h3-6,8H,2,7H2,1H3,(H,14,15). The van der Waals surface area contributed by atoms with Crippen molar-refractivity contribution in [3.8, 4) is 0 Å². The van der Waals surface area contributed by atoms with Gasteiger partial charge >= 0.3 is 5.97 Å². The minimum absolute atomic E-state index is 0.270. The molecule has 0 spiro atoms. The summed E-state index contributed by atoms with van der Waals surface area (Å²) in [5.74, 6) is -0.449. The van der Waals surface area contributed by atoms with Gasteiger partial charge < -0.3 is 5.11 Å². The summed E-state index contributed by atoms with van der Waals surface area (Å²) < 4.78 is -0.639. The molecule has 1 fully saturated rings. The van der Waals surface area contributed by atoms with E-state index >= 15 is 0 Å². The first-order chi connectivity index (χ1) is 7.60. The van der Waals surface area contributed by atoms with Crippen LogP contribution < -0.4 is 0 Å². The Morgan fingerprint density at radius 2 is 2.31 bits per heavy atom. The molecule has 1 aliphatic carbocycles. The summed E-state index contributed by atoms with van der Waals surface area (Å²) in [6, 6.07) is 7.41. The Bertz CT molecular complexity index is 421. The number of aliphatic carboxylic acids is 1. The predicted octanol–water partition coefficient (Wildman–Crippen LogP) is 3.69. The number of benzene rings is 1. The number of carboxylic acid groups (broad SMARTS) is 1. The fourth-order valence-electron chi connectivity index (χ4n) is 1.94. The zero-order valence-electron chi connectivity index (χ0n) is 8.94. The maximum absolute atomic E-state index is 11.3. The van der Waals surface area contributed by atoms with Gasteiger partial charge in [-0.2, -0.15) is 0 Å². The third kappa shape index (κ3) is 1.94. The molecule has 86 valence electrons. The van der Waals surface area contributed by atoms with Crippen molar-refractivity contribution >= 4 is 29.3 Å². The zero-order chi connectivity index (χ0) is 11.8. The molecule has 0 saturated heterocycles. The Morgan fingerprint density at radius 3 is 2.81 bits per heavy atom. The van der Waals surface area contributed by atoms with Gasteiger partial charge in [0.15, 0.2) is 0 Å². The number of rotatable bonds is 4. The largest absolute Gasteiger partial charge is 0.480 e. The van der Waals surface area contributed by atoms with Crippen LogP contribution in [0.3, 0.4) is 0 Å². The van der Waals surface area contributed by atoms with Crippen LogP contribution in [0.4, 0.5) is 0 Å². The van der Waals surface area contributed by atoms with Gasteiger partial charge in [0.25, 0.3) is 0 Å². The molecule has 2 atom stereocenters. The topological polar surface area (TPSA) is 37.3 Å². The van der Waals surface area contributed by atoms with Crippen molar-refractivity contribution in [2.45, 2.75) is 29.4 Å². The van der Waals surface area contributed by atoms with Crippen molar-refractivity contribution in [1.82, 2.24) is 0 Å². The Labute approximate surface area is 104 Å². The normalized spacial score (nSPS) is 27.8. The van der Waals surface area contributed by atoms with E-state index in [2.05, 4.69) is 0 Å². The maximum atomic E-state index is 11.3. The molecule has 0 heterocycles. The lowest BCUT2D eigenvalue weighted by atomic mass is 10.2. The van der Waals surface area contributed by atoms with E-state index in [4.69, 9.17) is 11.6 Å². The summed E-state index contributed by atoms with van der Waals surface area (Å²) in [5.41, 5.74) is 0. The summed E-state index contributed by atoms with van der Waals surface area (Å²) in [7, 11) is 0. The first-order valence-electron chi connectivity index (χ1n) is 5.27. The van der Waals surface area contributed by atoms with Crippen LogP contribution in [0.2, 0.25) is 5.02 Å². The summed E-state index contributed by atoms with van der Waals surface area (Å²) in [6.07, 6.45) is 1.65. The predicted molar refractivity (Wildman–Crippen MR) is 66.1 cm³/mol. The molecule has 0 radical (unpaired) electrons. The van der Waals surface area contributed by atoms with E-state index in [9.17, 15) is 9.90 Å². The lowest BCUT2D eigenvalue weighted by Gasteiger charge is -2.12. The lowest BCUT2D eigenvalue weighted by molar-refractivity contribution is -0.137. The molecule has 1 N–H and O–H groups in total. The van der Waals surface area contributed by atoms with Crippen LogP contribution in [0, 0.1) is 5.92 Å². The molecule has 0 aliphatic heterocycles. The Balaban J connectivity index is 2.21. The van der Waals surface area contributed by atoms with Crippen molar-refractivity contribution in [3.63, 3.8) is 0 Å². The fraction of sp³-hybridized carbons (Fsp3) is 0.417. The minimum Gasteiger partial charge on any atom is -0.480 e. The Morgan fingerprint density at radius 1 is 1.62 bits per heavy atom. The molecular formula is C12H13ClO2S. The van der Waals surface area contributed by atoms with Crippen molar-refractivity contribution in [3.05, 3.63) is 29.3 Å². The number of carbonyl (C=O) groups is 1. The molecule has 1 aromatic rings. The van der Waals surface area contributed by atoms with Crippen LogP contribution in [0.25, 0.3) is 0 Å². The van der Waals surface area contributed by atoms with Gasteiger partial charge in [-0.1, -0.05) is 37.1 Å². The number of thioether (sulfide) groups is 1. The molecule has 4 heteroatoms. The highest BCUT2D eigenvalue weighted by Gasteiger charge is 2.60. The van der Waals surface area contributed by atoms with Crippen molar-refractivity contribution < 1.29 is 9.90 Å². The van der Waals surface area contributed by atoms with Gasteiger partial charge in [-0.25, -0.2) is 0 Å². The van der Waals surface area contributed by atoms with Crippen molar-refractivity contribution in [2.24, 2.45) is 5.92 Å². The first-order valence-corrected chi connectivity index (χ1v) is 6.46. The second-order valence-corrected chi connectivity index (χ2v) is 5.82. The highest BCUT2D eigenvalue weighted by Crippen LogP contribution is 2.59. The van der Waals surface area contributed by atoms with Crippen LogP contribution in [0.1, 0.15) is 19.8 Å². The third-order valence-electron chi connectivity index (χ3n) is 3.03. The highest BCUT2D eigenvalue weighted by atomic mass is 35.5. The van der Waals surface area contributed by atoms with Gasteiger partial charge in [-0.3, -0.25) is 4.79 Å². The van der Waals surface area contributed by atoms with E-state index in [0.717, 1.165) is 17.7 Å². The van der Waals surface area contributed by atoms with E-state index in [1.54, 1.807) is 6.07 Å². The highest BCUT2D eigenvalue weighted by molar-refractivity contribution is 8.01. The third-order valence-corrected chi connectivity index (χ3v) is 5.09. The Kier molecular flexibility index (Phi) is 3.17. The molecule has 2 nitrogen and oxygen atoms in total. The molecule has 2 rings (SSSR count). The number of carboxylic acids is 1. The van der Waals surface area contributed by atoms with Gasteiger partial charge in [-0.05, 0) is 24.5 Å². The van der Waals surface area contributed by atoms with E-state index in [1.807, 2.05) is 25.1 Å². The molecule has 0 aromatic heterocycles. The van der Waals surface area contributed by atoms with Crippen LogP contribution in [0.5, 0.6) is 0 Å². The van der Waals surface area contributed by atoms with E-state index in [0.29, 0.717) is 5.02 Å². The molecular weight excluding hydrogens is 244 g/mol. The van der Waals surface area contributed by atoms with Gasteiger partial charge in [0.1, 0.15) is 4.75 Å². The van der Waals surface area contributed by atoms with Crippen LogP contribution in [0.15, 0.2) is 29.2 Å². The molecule has 2 unspecified atom stereocenters. The number of hydrogen-bond donors (Lipinski definition) is 1. The monoisotopic (exact) mass is 256 g/mol. The Hall–Kier alpha value is -0.670. The fourth-order valence-corrected chi connectivity index (χ4v) is 3.60. The van der Waals surface area contributed by atoms with Crippen LogP contribution in [-0.4, -0.2) is 15.8 Å². The maximum Gasteiger partial charge on any atom is 0.320 e. The number of hydrogen-bond acceptors (Lipinski definition) is 2. The zero-order valence-corrected chi connectivity index (χ0v) is 10.5. The average molecular weight is 257 g/mol. The van der Waals surface area contributed by atoms with Gasteiger partial charge in [0.2, 0.25) is 0 Å². The molecule has 1 aliphatic rings. The molecule has 1 saturated carbocycles. The quantitative estimate of drug-likeness (QED) is 0.893. The van der Waals surface area contributed by atoms with E-state index in [1.165, 1.54) is 11.8 Å². The van der Waals surface area contributed by atoms with Crippen LogP contribution >= 0.6 is 23.4 Å². The lowest BCUT2D eigenvalue weighted by Crippen LogP contribution is -2.20. The van der Waals surface area contributed by atoms with Gasteiger partial charge in [-0.15, -0.1) is 11.8 Å². The second kappa shape index (κ2) is 4.30. The minimum atomic E-state index is -0.718. The van der Waals surface area contributed by atoms with Gasteiger partial charge in [0, 0.05) is 4.90 Å². The molecule has 0 amide bonds. The SMILES string of the molecule is CCC1CC1(Sc1ccccc1Cl)C(=O)O. The smallest absolute Gasteiger partial charge is 0.320 e. The summed E-state index contributed by atoms with van der Waals surface area (Å²) in [4.78, 5) is 12.2.